The van der Waals surface area contributed by atoms with E-state index in [0.29, 0.717) is 6.42 Å². The molecule has 0 aliphatic heterocycles. The lowest BCUT2D eigenvalue weighted by atomic mass is 10.2. The SMILES string of the molecule is CCC(CC#N)NS(=O)(=O)NC(=O)OC. The summed E-state index contributed by atoms with van der Waals surface area (Å²) in [4.78, 5) is 10.6. The van der Waals surface area contributed by atoms with Gasteiger partial charge in [-0.15, -0.1) is 0 Å². The quantitative estimate of drug-likeness (QED) is 0.690. The predicted octanol–water partition coefficient (Wildman–Crippen LogP) is -0.131. The largest absolute Gasteiger partial charge is 0.452 e. The van der Waals surface area contributed by atoms with E-state index >= 15 is 0 Å². The van der Waals surface area contributed by atoms with Crippen LogP contribution in [0.1, 0.15) is 19.8 Å². The fourth-order valence-corrected chi connectivity index (χ4v) is 1.83. The van der Waals surface area contributed by atoms with E-state index in [1.165, 1.54) is 0 Å². The van der Waals surface area contributed by atoms with Crippen LogP contribution in [0.5, 0.6) is 0 Å². The number of nitriles is 1. The maximum atomic E-state index is 11.2. The first-order chi connectivity index (χ1) is 6.95. The summed E-state index contributed by atoms with van der Waals surface area (Å²) in [5, 5.41) is 8.40. The summed E-state index contributed by atoms with van der Waals surface area (Å²) >= 11 is 0. The summed E-state index contributed by atoms with van der Waals surface area (Å²) in [6.45, 7) is 1.72. The summed E-state index contributed by atoms with van der Waals surface area (Å²) in [6.07, 6.45) is -0.580. The topological polar surface area (TPSA) is 108 Å². The molecule has 0 aliphatic carbocycles. The van der Waals surface area contributed by atoms with Gasteiger partial charge in [0.05, 0.1) is 19.6 Å². The molecule has 0 heterocycles. The number of amides is 1. The number of methoxy groups -OCH3 is 1. The second kappa shape index (κ2) is 6.21. The molecular formula is C7H13N3O4S. The predicted molar refractivity (Wildman–Crippen MR) is 51.9 cm³/mol. The van der Waals surface area contributed by atoms with E-state index in [1.54, 1.807) is 11.6 Å². The molecule has 1 unspecified atom stereocenters. The fourth-order valence-electron chi connectivity index (χ4n) is 0.780. The van der Waals surface area contributed by atoms with Gasteiger partial charge in [-0.25, -0.2) is 9.52 Å². The number of ether oxygens (including phenoxy) is 1. The Labute approximate surface area is 88.6 Å². The van der Waals surface area contributed by atoms with Crippen molar-refractivity contribution in [3.63, 3.8) is 0 Å². The molecule has 8 heteroatoms. The van der Waals surface area contributed by atoms with E-state index < -0.39 is 22.3 Å². The molecule has 0 spiro atoms. The molecule has 0 radical (unpaired) electrons. The van der Waals surface area contributed by atoms with Gasteiger partial charge in [-0.3, -0.25) is 0 Å². The third-order valence-electron chi connectivity index (χ3n) is 1.56. The number of nitrogens with one attached hydrogen (secondary N) is 2. The Morgan fingerprint density at radius 1 is 1.60 bits per heavy atom. The highest BCUT2D eigenvalue weighted by molar-refractivity contribution is 7.88. The van der Waals surface area contributed by atoms with Crippen LogP contribution in [-0.2, 0) is 14.9 Å². The smallest absolute Gasteiger partial charge is 0.421 e. The van der Waals surface area contributed by atoms with Crippen LogP contribution in [0.15, 0.2) is 0 Å². The number of hydrogen-bond donors (Lipinski definition) is 2. The van der Waals surface area contributed by atoms with Gasteiger partial charge in [0.25, 0.3) is 0 Å². The minimum absolute atomic E-state index is 0.0403. The van der Waals surface area contributed by atoms with Crippen LogP contribution in [0.2, 0.25) is 0 Å². The van der Waals surface area contributed by atoms with Crippen molar-refractivity contribution in [3.05, 3.63) is 0 Å². The molecule has 1 amide bonds. The van der Waals surface area contributed by atoms with Crippen molar-refractivity contribution in [2.75, 3.05) is 7.11 Å². The lowest BCUT2D eigenvalue weighted by molar-refractivity contribution is 0.177. The second-order valence-corrected chi connectivity index (χ2v) is 4.13. The monoisotopic (exact) mass is 235 g/mol. The summed E-state index contributed by atoms with van der Waals surface area (Å²) < 4.78 is 30.3. The Hall–Kier alpha value is -1.33. The first-order valence-corrected chi connectivity index (χ1v) is 5.68. The molecule has 0 rings (SSSR count). The Morgan fingerprint density at radius 3 is 2.60 bits per heavy atom. The Bertz CT molecular complexity index is 346. The van der Waals surface area contributed by atoms with Crippen molar-refractivity contribution >= 4 is 16.3 Å². The van der Waals surface area contributed by atoms with Gasteiger partial charge in [0.15, 0.2) is 0 Å². The van der Waals surface area contributed by atoms with Crippen LogP contribution in [0.3, 0.4) is 0 Å². The van der Waals surface area contributed by atoms with E-state index in [0.717, 1.165) is 7.11 Å². The van der Waals surface area contributed by atoms with Gasteiger partial charge >= 0.3 is 16.3 Å². The van der Waals surface area contributed by atoms with Crippen LogP contribution in [0, 0.1) is 11.3 Å². The molecule has 0 aromatic rings. The van der Waals surface area contributed by atoms with E-state index in [-0.39, 0.29) is 6.42 Å². The third kappa shape index (κ3) is 5.87. The summed E-state index contributed by atoms with van der Waals surface area (Å²) in [5.41, 5.74) is 0. The third-order valence-corrected chi connectivity index (χ3v) is 2.63. The molecule has 0 saturated carbocycles. The highest BCUT2D eigenvalue weighted by Gasteiger charge is 2.18. The second-order valence-electron chi connectivity index (χ2n) is 2.68. The summed E-state index contributed by atoms with van der Waals surface area (Å²) in [7, 11) is -2.90. The number of carbonyl (C=O) groups excluding carboxylic acids is 1. The van der Waals surface area contributed by atoms with Gasteiger partial charge in [0.2, 0.25) is 0 Å². The Kier molecular flexibility index (Phi) is 5.66. The van der Waals surface area contributed by atoms with Crippen LogP contribution in [0.4, 0.5) is 4.79 Å². The molecule has 0 saturated heterocycles. The number of nitrogens with zero attached hydrogens (tertiary/aromatic N) is 1. The summed E-state index contributed by atoms with van der Waals surface area (Å²) in [5.74, 6) is 0. The zero-order valence-corrected chi connectivity index (χ0v) is 9.30. The number of carbonyl (C=O) groups is 1. The molecular weight excluding hydrogens is 222 g/mol. The van der Waals surface area contributed by atoms with Crippen LogP contribution in [0.25, 0.3) is 0 Å². The van der Waals surface area contributed by atoms with Gasteiger partial charge in [-0.1, -0.05) is 6.92 Å². The number of rotatable bonds is 5. The molecule has 0 bridgehead atoms. The lowest BCUT2D eigenvalue weighted by Crippen LogP contribution is -2.44. The summed E-state index contributed by atoms with van der Waals surface area (Å²) in [6, 6.07) is 1.32. The minimum Gasteiger partial charge on any atom is -0.452 e. The van der Waals surface area contributed by atoms with Crippen molar-refractivity contribution in [1.82, 2.24) is 9.44 Å². The van der Waals surface area contributed by atoms with Crippen molar-refractivity contribution < 1.29 is 17.9 Å². The highest BCUT2D eigenvalue weighted by Crippen LogP contribution is 1.97. The molecule has 86 valence electrons. The molecule has 0 aromatic heterocycles. The van der Waals surface area contributed by atoms with E-state index in [9.17, 15) is 13.2 Å². The first-order valence-electron chi connectivity index (χ1n) is 4.20. The zero-order chi connectivity index (χ0) is 11.9. The van der Waals surface area contributed by atoms with Crippen molar-refractivity contribution in [3.8, 4) is 6.07 Å². The van der Waals surface area contributed by atoms with Gasteiger partial charge in [0, 0.05) is 6.04 Å². The lowest BCUT2D eigenvalue weighted by Gasteiger charge is -2.13. The van der Waals surface area contributed by atoms with Crippen LogP contribution >= 0.6 is 0 Å². The van der Waals surface area contributed by atoms with Gasteiger partial charge in [-0.2, -0.15) is 18.4 Å². The molecule has 15 heavy (non-hydrogen) atoms. The number of hydrogen-bond acceptors (Lipinski definition) is 5. The van der Waals surface area contributed by atoms with Crippen molar-refractivity contribution in [2.24, 2.45) is 0 Å². The average molecular weight is 235 g/mol. The molecule has 0 fully saturated rings. The van der Waals surface area contributed by atoms with Gasteiger partial charge in [0.1, 0.15) is 0 Å². The van der Waals surface area contributed by atoms with Gasteiger partial charge < -0.3 is 4.74 Å². The van der Waals surface area contributed by atoms with E-state index in [2.05, 4.69) is 9.46 Å². The maximum absolute atomic E-state index is 11.2. The van der Waals surface area contributed by atoms with Gasteiger partial charge in [-0.05, 0) is 6.42 Å². The van der Waals surface area contributed by atoms with E-state index in [4.69, 9.17) is 5.26 Å². The van der Waals surface area contributed by atoms with Crippen LogP contribution in [-0.4, -0.2) is 27.7 Å². The first kappa shape index (κ1) is 13.7. The normalized spacial score (nSPS) is 12.6. The fraction of sp³-hybridized carbons (Fsp3) is 0.714. The maximum Gasteiger partial charge on any atom is 0.421 e. The molecule has 7 nitrogen and oxygen atoms in total. The van der Waals surface area contributed by atoms with Crippen LogP contribution < -0.4 is 9.44 Å². The Morgan fingerprint density at radius 2 is 2.20 bits per heavy atom. The van der Waals surface area contributed by atoms with E-state index in [1.807, 2.05) is 6.07 Å². The Balaban J connectivity index is 4.36. The molecule has 0 aromatic carbocycles. The standard InChI is InChI=1S/C7H13N3O4S/c1-3-6(4-5-8)9-15(12,13)10-7(11)14-2/h6,9H,3-4H2,1-2H3,(H,10,11). The molecule has 1 atom stereocenters. The van der Waals surface area contributed by atoms with Crippen molar-refractivity contribution in [2.45, 2.75) is 25.8 Å². The highest BCUT2D eigenvalue weighted by atomic mass is 32.2. The van der Waals surface area contributed by atoms with Crippen molar-refractivity contribution in [1.29, 1.82) is 5.26 Å². The average Bonchev–Trinajstić information content (AvgIpc) is 2.15. The molecule has 2 N–H and O–H groups in total. The minimum atomic E-state index is -3.95. The zero-order valence-electron chi connectivity index (χ0n) is 8.48. The molecule has 0 aliphatic rings.